The molecule has 0 aliphatic carbocycles. The lowest BCUT2D eigenvalue weighted by atomic mass is 10.0. The predicted octanol–water partition coefficient (Wildman–Crippen LogP) is 4.27. The molecule has 0 aromatic heterocycles. The van der Waals surface area contributed by atoms with Gasteiger partial charge in [0.2, 0.25) is 0 Å². The van der Waals surface area contributed by atoms with E-state index in [1.54, 1.807) is 0 Å². The Kier molecular flexibility index (Phi) is 4.73. The fourth-order valence-corrected chi connectivity index (χ4v) is 2.53. The highest BCUT2D eigenvalue weighted by Gasteiger charge is 2.32. The fraction of sp³-hybridized carbons (Fsp3) is 0.538. The van der Waals surface area contributed by atoms with E-state index in [1.807, 2.05) is 0 Å². The van der Waals surface area contributed by atoms with Crippen molar-refractivity contribution < 1.29 is 22.6 Å². The molecule has 106 valence electrons. The third kappa shape index (κ3) is 4.11. The van der Waals surface area contributed by atoms with Gasteiger partial charge >= 0.3 is 6.18 Å². The van der Waals surface area contributed by atoms with E-state index < -0.39 is 11.7 Å². The molecule has 1 saturated heterocycles. The van der Waals surface area contributed by atoms with E-state index in [0.717, 1.165) is 32.1 Å². The van der Waals surface area contributed by atoms with Crippen molar-refractivity contribution in [3.63, 3.8) is 0 Å². The van der Waals surface area contributed by atoms with Crippen LogP contribution in [-0.4, -0.2) is 19.8 Å². The maximum Gasteiger partial charge on any atom is 0.417 e. The number of hydrogen-bond acceptors (Lipinski definition) is 2. The topological polar surface area (TPSA) is 18.5 Å². The number of ether oxygens (including phenoxy) is 2. The molecule has 1 aliphatic heterocycles. The molecule has 0 saturated carbocycles. The third-order valence-electron chi connectivity index (χ3n) is 3.07. The van der Waals surface area contributed by atoms with Crippen LogP contribution in [0.4, 0.5) is 13.2 Å². The Labute approximate surface area is 118 Å². The van der Waals surface area contributed by atoms with Gasteiger partial charge in [0, 0.05) is 17.7 Å². The normalized spacial score (nSPS) is 17.5. The Hall–Kier alpha value is -0.750. The lowest BCUT2D eigenvalue weighted by Gasteiger charge is -2.22. The van der Waals surface area contributed by atoms with Crippen molar-refractivity contribution in [2.75, 3.05) is 19.8 Å². The van der Waals surface area contributed by atoms with E-state index in [2.05, 4.69) is 15.9 Å². The van der Waals surface area contributed by atoms with Gasteiger partial charge in [0.05, 0.1) is 12.2 Å². The first-order valence-electron chi connectivity index (χ1n) is 6.04. The Bertz CT molecular complexity index is 428. The van der Waals surface area contributed by atoms with Gasteiger partial charge in [-0.3, -0.25) is 0 Å². The minimum atomic E-state index is -4.35. The highest BCUT2D eigenvalue weighted by Crippen LogP contribution is 2.36. The average Bonchev–Trinajstić information content (AvgIpc) is 2.36. The summed E-state index contributed by atoms with van der Waals surface area (Å²) in [6.07, 6.45) is -2.48. The first-order valence-corrected chi connectivity index (χ1v) is 6.83. The van der Waals surface area contributed by atoms with Gasteiger partial charge in [0.25, 0.3) is 0 Å². The van der Waals surface area contributed by atoms with Gasteiger partial charge in [-0.2, -0.15) is 13.2 Å². The van der Waals surface area contributed by atoms with Gasteiger partial charge in [-0.15, -0.1) is 0 Å². The zero-order valence-corrected chi connectivity index (χ0v) is 11.8. The van der Waals surface area contributed by atoms with Crippen LogP contribution in [0.3, 0.4) is 0 Å². The van der Waals surface area contributed by atoms with Crippen LogP contribution >= 0.6 is 15.9 Å². The summed E-state index contributed by atoms with van der Waals surface area (Å²) in [5, 5.41) is 0. The summed E-state index contributed by atoms with van der Waals surface area (Å²) in [5.74, 6) is 0.862. The number of benzene rings is 1. The molecule has 0 radical (unpaired) electrons. The first kappa shape index (κ1) is 14.7. The second kappa shape index (κ2) is 6.13. The molecule has 1 aromatic rings. The van der Waals surface area contributed by atoms with Gasteiger partial charge in [0.15, 0.2) is 0 Å². The molecule has 0 amide bonds. The van der Waals surface area contributed by atoms with Crippen LogP contribution in [0.15, 0.2) is 22.7 Å². The summed E-state index contributed by atoms with van der Waals surface area (Å²) in [6.45, 7) is 1.97. The molecule has 2 nitrogen and oxygen atoms in total. The van der Waals surface area contributed by atoms with E-state index >= 15 is 0 Å². The van der Waals surface area contributed by atoms with Crippen LogP contribution in [0.5, 0.6) is 5.75 Å². The molecule has 1 fully saturated rings. The molecular formula is C13H14BrF3O2. The Morgan fingerprint density at radius 3 is 2.53 bits per heavy atom. The highest BCUT2D eigenvalue weighted by atomic mass is 79.9. The predicted molar refractivity (Wildman–Crippen MR) is 68.2 cm³/mol. The minimum absolute atomic E-state index is 0.00415. The van der Waals surface area contributed by atoms with E-state index in [9.17, 15) is 13.2 Å². The molecule has 0 atom stereocenters. The van der Waals surface area contributed by atoms with Gasteiger partial charge in [-0.05, 0) is 37.0 Å². The number of rotatable bonds is 3. The lowest BCUT2D eigenvalue weighted by molar-refractivity contribution is -0.138. The first-order chi connectivity index (χ1) is 8.97. The van der Waals surface area contributed by atoms with Gasteiger partial charge < -0.3 is 9.47 Å². The molecule has 0 unspecified atom stereocenters. The van der Waals surface area contributed by atoms with E-state index in [-0.39, 0.29) is 4.47 Å². The summed E-state index contributed by atoms with van der Waals surface area (Å²) >= 11 is 2.93. The average molecular weight is 339 g/mol. The molecule has 19 heavy (non-hydrogen) atoms. The van der Waals surface area contributed by atoms with Crippen molar-refractivity contribution in [1.82, 2.24) is 0 Å². The number of hydrogen-bond donors (Lipinski definition) is 0. The second-order valence-electron chi connectivity index (χ2n) is 4.51. The highest BCUT2D eigenvalue weighted by molar-refractivity contribution is 9.10. The largest absolute Gasteiger partial charge is 0.493 e. The fourth-order valence-electron chi connectivity index (χ4n) is 1.94. The molecule has 0 N–H and O–H groups in total. The van der Waals surface area contributed by atoms with E-state index in [0.29, 0.717) is 18.3 Å². The molecule has 0 spiro atoms. The summed E-state index contributed by atoms with van der Waals surface area (Å²) < 4.78 is 48.5. The van der Waals surface area contributed by atoms with Crippen LogP contribution in [0.2, 0.25) is 0 Å². The Morgan fingerprint density at radius 2 is 1.95 bits per heavy atom. The van der Waals surface area contributed by atoms with Crippen LogP contribution < -0.4 is 4.74 Å². The second-order valence-corrected chi connectivity index (χ2v) is 5.36. The van der Waals surface area contributed by atoms with Gasteiger partial charge in [0.1, 0.15) is 5.75 Å². The van der Waals surface area contributed by atoms with Crippen molar-refractivity contribution in [2.24, 2.45) is 5.92 Å². The van der Waals surface area contributed by atoms with E-state index in [1.165, 1.54) is 12.1 Å². The molecule has 2 rings (SSSR count). The molecular weight excluding hydrogens is 325 g/mol. The third-order valence-corrected chi connectivity index (χ3v) is 3.73. The van der Waals surface area contributed by atoms with Crippen molar-refractivity contribution in [2.45, 2.75) is 19.0 Å². The Balaban J connectivity index is 1.96. The summed E-state index contributed by atoms with van der Waals surface area (Å²) in [4.78, 5) is 0. The summed E-state index contributed by atoms with van der Waals surface area (Å²) in [7, 11) is 0. The SMILES string of the molecule is FC(F)(F)c1ccc(OCC2CCOCC2)cc1Br. The molecule has 0 bridgehead atoms. The standard InChI is InChI=1S/C13H14BrF3O2/c14-12-7-10(1-2-11(12)13(15,16)17)19-8-9-3-5-18-6-4-9/h1-2,7,9H,3-6,8H2. The smallest absolute Gasteiger partial charge is 0.417 e. The summed E-state index contributed by atoms with van der Waals surface area (Å²) in [5.41, 5.74) is -0.689. The van der Waals surface area contributed by atoms with Crippen molar-refractivity contribution in [3.8, 4) is 5.75 Å². The van der Waals surface area contributed by atoms with Crippen molar-refractivity contribution in [3.05, 3.63) is 28.2 Å². The lowest BCUT2D eigenvalue weighted by Crippen LogP contribution is -2.21. The maximum absolute atomic E-state index is 12.6. The molecule has 1 aliphatic rings. The van der Waals surface area contributed by atoms with Crippen molar-refractivity contribution >= 4 is 15.9 Å². The summed E-state index contributed by atoms with van der Waals surface area (Å²) in [6, 6.07) is 3.75. The molecule has 6 heteroatoms. The zero-order chi connectivity index (χ0) is 13.9. The van der Waals surface area contributed by atoms with Crippen LogP contribution in [0.25, 0.3) is 0 Å². The van der Waals surface area contributed by atoms with Crippen LogP contribution in [-0.2, 0) is 10.9 Å². The van der Waals surface area contributed by atoms with Crippen LogP contribution in [0.1, 0.15) is 18.4 Å². The molecule has 1 aromatic carbocycles. The minimum Gasteiger partial charge on any atom is -0.493 e. The molecule has 1 heterocycles. The zero-order valence-electron chi connectivity index (χ0n) is 10.2. The van der Waals surface area contributed by atoms with Gasteiger partial charge in [-0.25, -0.2) is 0 Å². The number of halogens is 4. The van der Waals surface area contributed by atoms with Crippen LogP contribution in [0, 0.1) is 5.92 Å². The number of alkyl halides is 3. The Morgan fingerprint density at radius 1 is 1.26 bits per heavy atom. The quantitative estimate of drug-likeness (QED) is 0.819. The maximum atomic E-state index is 12.6. The van der Waals surface area contributed by atoms with E-state index in [4.69, 9.17) is 9.47 Å². The van der Waals surface area contributed by atoms with Gasteiger partial charge in [-0.1, -0.05) is 15.9 Å². The van der Waals surface area contributed by atoms with Crippen molar-refractivity contribution in [1.29, 1.82) is 0 Å². The monoisotopic (exact) mass is 338 g/mol.